The van der Waals surface area contributed by atoms with E-state index in [0.717, 1.165) is 12.1 Å². The van der Waals surface area contributed by atoms with Gasteiger partial charge in [0, 0.05) is 12.5 Å². The average molecular weight is 159 g/mol. The fourth-order valence-electron chi connectivity index (χ4n) is 1.13. The van der Waals surface area contributed by atoms with Crippen LogP contribution in [0.1, 0.15) is 11.3 Å². The smallest absolute Gasteiger partial charge is 0.124 e. The van der Waals surface area contributed by atoms with Crippen molar-refractivity contribution < 1.29 is 4.52 Å². The maximum absolute atomic E-state index is 4.74. The highest BCUT2D eigenvalue weighted by molar-refractivity contribution is 5.20. The predicted molar refractivity (Wildman–Crippen MR) is 45.8 cm³/mol. The van der Waals surface area contributed by atoms with E-state index >= 15 is 0 Å². The van der Waals surface area contributed by atoms with Crippen molar-refractivity contribution in [3.63, 3.8) is 0 Å². The summed E-state index contributed by atoms with van der Waals surface area (Å²) in [5.74, 6) is 0. The van der Waals surface area contributed by atoms with Gasteiger partial charge in [0.1, 0.15) is 6.26 Å². The molecule has 0 fully saturated rings. The summed E-state index contributed by atoms with van der Waals surface area (Å²) in [7, 11) is 0. The maximum Gasteiger partial charge on any atom is 0.124 e. The van der Waals surface area contributed by atoms with Gasteiger partial charge in [0.25, 0.3) is 0 Å². The first-order valence-corrected chi connectivity index (χ1v) is 3.88. The third kappa shape index (κ3) is 1.53. The van der Waals surface area contributed by atoms with E-state index in [1.165, 1.54) is 5.56 Å². The van der Waals surface area contributed by atoms with E-state index in [0.29, 0.717) is 0 Å². The molecular formula is C10H9NO. The molecule has 0 radical (unpaired) electrons. The molecule has 12 heavy (non-hydrogen) atoms. The second-order valence-corrected chi connectivity index (χ2v) is 2.65. The third-order valence-corrected chi connectivity index (χ3v) is 1.72. The van der Waals surface area contributed by atoms with Gasteiger partial charge in [-0.2, -0.15) is 0 Å². The largest absolute Gasteiger partial charge is 0.365 e. The van der Waals surface area contributed by atoms with Crippen LogP contribution in [0, 0.1) is 0 Å². The summed E-state index contributed by atoms with van der Waals surface area (Å²) in [6.45, 7) is 0. The quantitative estimate of drug-likeness (QED) is 0.671. The molecule has 0 aliphatic carbocycles. The molecular weight excluding hydrogens is 150 g/mol. The van der Waals surface area contributed by atoms with Crippen LogP contribution in [-0.2, 0) is 6.42 Å². The van der Waals surface area contributed by atoms with Crippen LogP contribution in [0.3, 0.4) is 0 Å². The predicted octanol–water partition coefficient (Wildman–Crippen LogP) is 2.27. The highest BCUT2D eigenvalue weighted by atomic mass is 16.5. The van der Waals surface area contributed by atoms with Crippen LogP contribution in [0.5, 0.6) is 0 Å². The van der Waals surface area contributed by atoms with Gasteiger partial charge >= 0.3 is 0 Å². The van der Waals surface area contributed by atoms with Crippen molar-refractivity contribution in [2.75, 3.05) is 0 Å². The molecule has 1 aromatic carbocycles. The van der Waals surface area contributed by atoms with Gasteiger partial charge in [-0.15, -0.1) is 0 Å². The minimum atomic E-state index is 0.845. The second-order valence-electron chi connectivity index (χ2n) is 2.65. The molecule has 0 unspecified atom stereocenters. The molecule has 0 spiro atoms. The molecule has 0 aliphatic heterocycles. The van der Waals surface area contributed by atoms with Gasteiger partial charge in [-0.3, -0.25) is 0 Å². The van der Waals surface area contributed by atoms with E-state index in [-0.39, 0.29) is 0 Å². The van der Waals surface area contributed by atoms with E-state index in [2.05, 4.69) is 17.3 Å². The van der Waals surface area contributed by atoms with Gasteiger partial charge in [-0.1, -0.05) is 35.5 Å². The first kappa shape index (κ1) is 7.10. The molecule has 0 N–H and O–H groups in total. The number of hydrogen-bond acceptors (Lipinski definition) is 2. The Balaban J connectivity index is 2.15. The highest BCUT2D eigenvalue weighted by Gasteiger charge is 1.96. The van der Waals surface area contributed by atoms with Gasteiger partial charge in [0.05, 0.1) is 5.69 Å². The van der Waals surface area contributed by atoms with Crippen LogP contribution < -0.4 is 0 Å². The molecule has 0 saturated heterocycles. The fraction of sp³-hybridized carbons (Fsp3) is 0.100. The van der Waals surface area contributed by atoms with Crippen LogP contribution in [0.2, 0.25) is 0 Å². The van der Waals surface area contributed by atoms with Crippen molar-refractivity contribution in [2.24, 2.45) is 0 Å². The van der Waals surface area contributed by atoms with Crippen LogP contribution in [0.25, 0.3) is 0 Å². The van der Waals surface area contributed by atoms with Crippen LogP contribution >= 0.6 is 0 Å². The second kappa shape index (κ2) is 3.22. The standard InChI is InChI=1S/C10H9NO/c1-2-4-9(5-3-1)8-10-6-7-12-11-10/h1-7H,8H2. The Morgan fingerprint density at radius 2 is 1.92 bits per heavy atom. The van der Waals surface area contributed by atoms with Crippen molar-refractivity contribution in [2.45, 2.75) is 6.42 Å². The van der Waals surface area contributed by atoms with Crippen molar-refractivity contribution in [3.8, 4) is 0 Å². The van der Waals surface area contributed by atoms with Crippen molar-refractivity contribution in [1.29, 1.82) is 0 Å². The van der Waals surface area contributed by atoms with Crippen molar-refractivity contribution in [3.05, 3.63) is 53.9 Å². The van der Waals surface area contributed by atoms with E-state index in [4.69, 9.17) is 4.52 Å². The molecule has 2 nitrogen and oxygen atoms in total. The molecule has 1 aromatic heterocycles. The number of hydrogen-bond donors (Lipinski definition) is 0. The van der Waals surface area contributed by atoms with E-state index in [1.807, 2.05) is 24.3 Å². The molecule has 2 aromatic rings. The van der Waals surface area contributed by atoms with Crippen LogP contribution in [0.4, 0.5) is 0 Å². The summed E-state index contributed by atoms with van der Waals surface area (Å²) in [4.78, 5) is 0. The molecule has 60 valence electrons. The van der Waals surface area contributed by atoms with Gasteiger partial charge in [0.2, 0.25) is 0 Å². The number of aromatic nitrogens is 1. The first-order chi connectivity index (χ1) is 5.95. The lowest BCUT2D eigenvalue weighted by atomic mass is 10.1. The van der Waals surface area contributed by atoms with Crippen molar-refractivity contribution >= 4 is 0 Å². The topological polar surface area (TPSA) is 26.0 Å². The summed E-state index contributed by atoms with van der Waals surface area (Å²) in [6, 6.07) is 12.1. The molecule has 2 rings (SSSR count). The lowest BCUT2D eigenvalue weighted by Crippen LogP contribution is -1.86. The van der Waals surface area contributed by atoms with E-state index in [9.17, 15) is 0 Å². The monoisotopic (exact) mass is 159 g/mol. The Bertz CT molecular complexity index is 326. The minimum absolute atomic E-state index is 0.845. The number of benzene rings is 1. The number of rotatable bonds is 2. The zero-order valence-corrected chi connectivity index (χ0v) is 6.60. The summed E-state index contributed by atoms with van der Waals surface area (Å²) in [5, 5.41) is 3.84. The average Bonchev–Trinajstić information content (AvgIpc) is 2.59. The Kier molecular flexibility index (Phi) is 1.90. The lowest BCUT2D eigenvalue weighted by Gasteiger charge is -1.94. The van der Waals surface area contributed by atoms with Gasteiger partial charge in [-0.05, 0) is 5.56 Å². The molecule has 2 heteroatoms. The van der Waals surface area contributed by atoms with Crippen LogP contribution in [-0.4, -0.2) is 5.16 Å². The van der Waals surface area contributed by atoms with Gasteiger partial charge in [-0.25, -0.2) is 0 Å². The van der Waals surface area contributed by atoms with Crippen molar-refractivity contribution in [1.82, 2.24) is 5.16 Å². The molecule has 0 amide bonds. The van der Waals surface area contributed by atoms with E-state index < -0.39 is 0 Å². The highest BCUT2D eigenvalue weighted by Crippen LogP contribution is 2.05. The molecule has 0 bridgehead atoms. The Labute approximate surface area is 70.8 Å². The Morgan fingerprint density at radius 3 is 2.58 bits per heavy atom. The zero-order valence-electron chi connectivity index (χ0n) is 6.60. The fourth-order valence-corrected chi connectivity index (χ4v) is 1.13. The third-order valence-electron chi connectivity index (χ3n) is 1.72. The Hall–Kier alpha value is -1.57. The summed E-state index contributed by atoms with van der Waals surface area (Å²) in [5.41, 5.74) is 2.23. The summed E-state index contributed by atoms with van der Waals surface area (Å²) in [6.07, 6.45) is 2.44. The molecule has 0 aliphatic rings. The first-order valence-electron chi connectivity index (χ1n) is 3.88. The maximum atomic E-state index is 4.74. The SMILES string of the molecule is c1ccc(Cc2ccon2)cc1. The van der Waals surface area contributed by atoms with Gasteiger partial charge < -0.3 is 4.52 Å². The van der Waals surface area contributed by atoms with Gasteiger partial charge in [0.15, 0.2) is 0 Å². The molecule has 0 atom stereocenters. The molecule has 1 heterocycles. The summed E-state index contributed by atoms with van der Waals surface area (Å²) < 4.78 is 4.74. The van der Waals surface area contributed by atoms with Crippen LogP contribution in [0.15, 0.2) is 47.2 Å². The normalized spacial score (nSPS) is 10.0. The molecule has 0 saturated carbocycles. The Morgan fingerprint density at radius 1 is 1.08 bits per heavy atom. The number of nitrogens with zero attached hydrogens (tertiary/aromatic N) is 1. The zero-order chi connectivity index (χ0) is 8.23. The minimum Gasteiger partial charge on any atom is -0.365 e. The van der Waals surface area contributed by atoms with E-state index in [1.54, 1.807) is 6.26 Å². The summed E-state index contributed by atoms with van der Waals surface area (Å²) >= 11 is 0. The lowest BCUT2D eigenvalue weighted by molar-refractivity contribution is 0.413.